The second-order valence-corrected chi connectivity index (χ2v) is 7.12. The topological polar surface area (TPSA) is 94.4 Å². The van der Waals surface area contributed by atoms with Gasteiger partial charge in [0.15, 0.2) is 0 Å². The molecule has 7 nitrogen and oxygen atoms in total. The van der Waals surface area contributed by atoms with Crippen LogP contribution in [0.25, 0.3) is 0 Å². The molecule has 2 fully saturated rings. The van der Waals surface area contributed by atoms with Gasteiger partial charge in [0.25, 0.3) is 0 Å². The molecule has 0 aliphatic heterocycles. The van der Waals surface area contributed by atoms with Gasteiger partial charge in [0.1, 0.15) is 5.78 Å². The number of aliphatic carboxylic acids is 1. The molecule has 136 valence electrons. The Balaban J connectivity index is 0.00000312. The molecule has 0 unspecified atom stereocenters. The van der Waals surface area contributed by atoms with Crippen molar-refractivity contribution in [2.24, 2.45) is 22.2 Å². The first kappa shape index (κ1) is 22.5. The summed E-state index contributed by atoms with van der Waals surface area (Å²) in [6.45, 7) is -0.352. The van der Waals surface area contributed by atoms with Crippen LogP contribution in [0.5, 0.6) is 0 Å². The summed E-state index contributed by atoms with van der Waals surface area (Å²) >= 11 is 0. The second kappa shape index (κ2) is 11.3. The van der Waals surface area contributed by atoms with E-state index in [4.69, 9.17) is 4.74 Å². The molecule has 0 spiro atoms. The maximum absolute atomic E-state index is 12.7. The predicted molar refractivity (Wildman–Crippen MR) is 86.0 cm³/mol. The van der Waals surface area contributed by atoms with E-state index >= 15 is 0 Å². The van der Waals surface area contributed by atoms with Crippen molar-refractivity contribution in [3.8, 4) is 0 Å². The van der Waals surface area contributed by atoms with E-state index in [-0.39, 0.29) is 60.1 Å². The van der Waals surface area contributed by atoms with E-state index in [9.17, 15) is 14.7 Å². The third-order valence-electron chi connectivity index (χ3n) is 5.01. The van der Waals surface area contributed by atoms with Crippen molar-refractivity contribution in [1.82, 2.24) is 5.01 Å². The van der Waals surface area contributed by atoms with Crippen LogP contribution >= 0.6 is 0 Å². The Morgan fingerprint density at radius 3 is 2.00 bits per heavy atom. The molecule has 0 bridgehead atoms. The van der Waals surface area contributed by atoms with Gasteiger partial charge >= 0.3 is 29.6 Å². The summed E-state index contributed by atoms with van der Waals surface area (Å²) in [5.41, 5.74) is 0. The summed E-state index contributed by atoms with van der Waals surface area (Å²) in [5, 5.41) is 20.5. The van der Waals surface area contributed by atoms with Gasteiger partial charge in [0.2, 0.25) is 0 Å². The molecule has 0 heterocycles. The number of hydrogen-bond donors (Lipinski definition) is 0. The average molecular weight is 361 g/mol. The number of carboxylic acid groups (broad SMARTS) is 1. The Morgan fingerprint density at radius 2 is 1.52 bits per heavy atom. The normalized spacial score (nSPS) is 29.8. The fraction of sp³-hybridized carbons (Fsp3) is 0.882. The molecule has 2 saturated carbocycles. The van der Waals surface area contributed by atoms with E-state index in [1.807, 2.05) is 14.1 Å². The van der Waals surface area contributed by atoms with Crippen LogP contribution < -0.4 is 34.7 Å². The SMILES string of the molecule is CN(C)N=NC1CCC(C(=O)C2CCC(OCC(=O)[O-])CC2)CC1.[Na+]. The largest absolute Gasteiger partial charge is 1.00 e. The number of ketones is 1. The van der Waals surface area contributed by atoms with Crippen LogP contribution in [-0.4, -0.2) is 49.6 Å². The number of rotatable bonds is 7. The Labute approximate surface area is 171 Å². The van der Waals surface area contributed by atoms with Crippen molar-refractivity contribution in [3.63, 3.8) is 0 Å². The molecular weight excluding hydrogens is 333 g/mol. The quantitative estimate of drug-likeness (QED) is 0.308. The molecule has 2 rings (SSSR count). The fourth-order valence-electron chi connectivity index (χ4n) is 3.69. The van der Waals surface area contributed by atoms with Gasteiger partial charge in [-0.1, -0.05) is 5.22 Å². The number of ether oxygens (including phenoxy) is 1. The summed E-state index contributed by atoms with van der Waals surface area (Å²) in [6, 6.07) is 0.241. The molecule has 8 heteroatoms. The molecule has 25 heavy (non-hydrogen) atoms. The van der Waals surface area contributed by atoms with E-state index in [2.05, 4.69) is 10.3 Å². The van der Waals surface area contributed by atoms with Crippen molar-refractivity contribution in [3.05, 3.63) is 0 Å². The Kier molecular flexibility index (Phi) is 10.2. The molecule has 0 N–H and O–H groups in total. The summed E-state index contributed by atoms with van der Waals surface area (Å²) in [4.78, 5) is 23.1. The first-order chi connectivity index (χ1) is 11.5. The number of nitrogens with zero attached hydrogens (tertiary/aromatic N) is 3. The van der Waals surface area contributed by atoms with Gasteiger partial charge in [0, 0.05) is 25.9 Å². The zero-order valence-corrected chi connectivity index (χ0v) is 17.6. The van der Waals surface area contributed by atoms with Crippen LogP contribution in [0.15, 0.2) is 10.3 Å². The number of Topliss-reactive ketones (excluding diaryl/α,β-unsaturated/α-hetero) is 1. The first-order valence-corrected chi connectivity index (χ1v) is 8.89. The first-order valence-electron chi connectivity index (χ1n) is 8.89. The van der Waals surface area contributed by atoms with E-state index in [0.717, 1.165) is 51.4 Å². The van der Waals surface area contributed by atoms with Crippen LogP contribution in [0.2, 0.25) is 0 Å². The number of hydrogen-bond acceptors (Lipinski definition) is 6. The van der Waals surface area contributed by atoms with Crippen molar-refractivity contribution in [2.75, 3.05) is 20.7 Å². The Bertz CT molecular complexity index is 457. The minimum Gasteiger partial charge on any atom is -0.548 e. The average Bonchev–Trinajstić information content (AvgIpc) is 2.58. The van der Waals surface area contributed by atoms with Gasteiger partial charge in [-0.2, -0.15) is 5.11 Å². The van der Waals surface area contributed by atoms with Gasteiger partial charge in [0.05, 0.1) is 24.7 Å². The summed E-state index contributed by atoms with van der Waals surface area (Å²) < 4.78 is 5.28. The van der Waals surface area contributed by atoms with Crippen LogP contribution in [0.3, 0.4) is 0 Å². The second-order valence-electron chi connectivity index (χ2n) is 7.12. The minimum absolute atomic E-state index is 0. The van der Waals surface area contributed by atoms with Gasteiger partial charge in [-0.15, -0.1) is 0 Å². The molecule has 2 aliphatic carbocycles. The van der Waals surface area contributed by atoms with Gasteiger partial charge in [-0.25, -0.2) is 0 Å². The summed E-state index contributed by atoms with van der Waals surface area (Å²) in [5.74, 6) is -0.535. The molecule has 0 amide bonds. The fourth-order valence-corrected chi connectivity index (χ4v) is 3.69. The maximum Gasteiger partial charge on any atom is 1.00 e. The van der Waals surface area contributed by atoms with Crippen LogP contribution in [0, 0.1) is 11.8 Å². The minimum atomic E-state index is -1.18. The summed E-state index contributed by atoms with van der Waals surface area (Å²) in [6.07, 6.45) is 6.73. The monoisotopic (exact) mass is 361 g/mol. The zero-order valence-electron chi connectivity index (χ0n) is 15.6. The van der Waals surface area contributed by atoms with Crippen molar-refractivity contribution in [2.45, 2.75) is 63.5 Å². The molecule has 0 aromatic carbocycles. The Morgan fingerprint density at radius 1 is 1.00 bits per heavy atom. The number of carbonyl (C=O) groups is 2. The van der Waals surface area contributed by atoms with Crippen molar-refractivity contribution in [1.29, 1.82) is 0 Å². The zero-order chi connectivity index (χ0) is 17.5. The molecule has 0 saturated heterocycles. The smallest absolute Gasteiger partial charge is 0.548 e. The van der Waals surface area contributed by atoms with Gasteiger partial charge in [-0.05, 0) is 51.4 Å². The molecule has 0 radical (unpaired) electrons. The van der Waals surface area contributed by atoms with Gasteiger partial charge in [-0.3, -0.25) is 9.80 Å². The van der Waals surface area contributed by atoms with E-state index in [1.165, 1.54) is 0 Å². The maximum atomic E-state index is 12.7. The number of carboxylic acids is 1. The van der Waals surface area contributed by atoms with E-state index < -0.39 is 5.97 Å². The molecule has 2 aliphatic rings. The van der Waals surface area contributed by atoms with Crippen LogP contribution in [0.1, 0.15) is 51.4 Å². The van der Waals surface area contributed by atoms with Crippen LogP contribution in [0.4, 0.5) is 0 Å². The van der Waals surface area contributed by atoms with Crippen molar-refractivity contribution >= 4 is 11.8 Å². The standard InChI is InChI=1S/C17H29N3O4.Na/c1-20(2)19-18-14-7-3-12(4-8-14)17(23)13-5-9-15(10-6-13)24-11-16(21)22;/h12-15H,3-11H2,1-2H3,(H,21,22);/q;+1/p-1. The predicted octanol–water partition coefficient (Wildman–Crippen LogP) is -1.63. The third-order valence-corrected chi connectivity index (χ3v) is 5.01. The van der Waals surface area contributed by atoms with Crippen molar-refractivity contribution < 1.29 is 49.0 Å². The molecule has 0 aromatic heterocycles. The number of carbonyl (C=O) groups excluding carboxylic acids is 2. The molecule has 0 aromatic rings. The van der Waals surface area contributed by atoms with E-state index in [1.54, 1.807) is 5.01 Å². The van der Waals surface area contributed by atoms with Crippen LogP contribution in [-0.2, 0) is 14.3 Å². The molecule has 0 atom stereocenters. The molecular formula is C17H28N3NaO4. The third kappa shape index (κ3) is 7.72. The van der Waals surface area contributed by atoms with E-state index in [0.29, 0.717) is 5.78 Å². The Hall–Kier alpha value is -0.500. The summed E-state index contributed by atoms with van der Waals surface area (Å²) in [7, 11) is 3.71. The van der Waals surface area contributed by atoms with Gasteiger partial charge < -0.3 is 14.6 Å².